The van der Waals surface area contributed by atoms with Crippen molar-refractivity contribution in [3.05, 3.63) is 59.7 Å². The van der Waals surface area contributed by atoms with Crippen LogP contribution in [0.25, 0.3) is 0 Å². The maximum Gasteiger partial charge on any atom is 0.118 e. The van der Waals surface area contributed by atoms with Gasteiger partial charge in [0.1, 0.15) is 5.75 Å². The Morgan fingerprint density at radius 3 is 2.64 bits per heavy atom. The molecule has 3 rings (SSSR count). The van der Waals surface area contributed by atoms with Crippen LogP contribution in [-0.4, -0.2) is 18.6 Å². The van der Waals surface area contributed by atoms with E-state index in [0.29, 0.717) is 6.04 Å². The molecule has 0 saturated carbocycles. The van der Waals surface area contributed by atoms with Gasteiger partial charge in [-0.25, -0.2) is 0 Å². The smallest absolute Gasteiger partial charge is 0.118 e. The van der Waals surface area contributed by atoms with Gasteiger partial charge in [-0.2, -0.15) is 0 Å². The van der Waals surface area contributed by atoms with Gasteiger partial charge in [0.15, 0.2) is 0 Å². The second-order valence-corrected chi connectivity index (χ2v) is 5.65. The van der Waals surface area contributed by atoms with Gasteiger partial charge in [-0.1, -0.05) is 24.3 Å². The topological polar surface area (TPSA) is 38.5 Å². The Morgan fingerprint density at radius 1 is 1.18 bits per heavy atom. The zero-order valence-electron chi connectivity index (χ0n) is 12.9. The van der Waals surface area contributed by atoms with E-state index >= 15 is 0 Å². The number of nitrogen functional groups attached to an aromatic ring is 1. The number of halogens is 1. The molecule has 1 heterocycles. The van der Waals surface area contributed by atoms with E-state index in [9.17, 15) is 0 Å². The molecule has 118 valence electrons. The fourth-order valence-corrected chi connectivity index (χ4v) is 3.14. The first-order chi connectivity index (χ1) is 10.3. The zero-order valence-corrected chi connectivity index (χ0v) is 13.7. The summed E-state index contributed by atoms with van der Waals surface area (Å²) in [5.41, 5.74) is 9.38. The van der Waals surface area contributed by atoms with Crippen molar-refractivity contribution in [3.8, 4) is 5.75 Å². The molecule has 0 spiro atoms. The highest BCUT2D eigenvalue weighted by atomic mass is 35.5. The van der Waals surface area contributed by atoms with Crippen molar-refractivity contribution in [2.75, 3.05) is 19.4 Å². The van der Waals surface area contributed by atoms with E-state index in [4.69, 9.17) is 10.5 Å². The first-order valence-corrected chi connectivity index (χ1v) is 7.48. The number of nitrogens with zero attached hydrogens (tertiary/aromatic N) is 1. The quantitative estimate of drug-likeness (QED) is 0.865. The summed E-state index contributed by atoms with van der Waals surface area (Å²) in [5, 5.41) is 0. The highest BCUT2D eigenvalue weighted by Crippen LogP contribution is 2.33. The molecule has 0 radical (unpaired) electrons. The van der Waals surface area contributed by atoms with Gasteiger partial charge in [-0.3, -0.25) is 4.90 Å². The molecule has 1 fully saturated rings. The summed E-state index contributed by atoms with van der Waals surface area (Å²) in [6.07, 6.45) is 2.47. The van der Waals surface area contributed by atoms with Crippen LogP contribution in [0.1, 0.15) is 30.0 Å². The number of anilines is 1. The van der Waals surface area contributed by atoms with E-state index in [2.05, 4.69) is 29.2 Å². The number of ether oxygens (including phenoxy) is 1. The number of nitrogens with two attached hydrogens (primary N) is 1. The Kier molecular flexibility index (Phi) is 5.69. The van der Waals surface area contributed by atoms with Gasteiger partial charge in [-0.05, 0) is 54.8 Å². The number of hydrogen-bond donors (Lipinski definition) is 1. The molecule has 1 aliphatic heterocycles. The molecule has 0 amide bonds. The third kappa shape index (κ3) is 3.73. The summed E-state index contributed by atoms with van der Waals surface area (Å²) >= 11 is 0. The molecule has 3 nitrogen and oxygen atoms in total. The van der Waals surface area contributed by atoms with Crippen molar-refractivity contribution in [1.82, 2.24) is 4.90 Å². The van der Waals surface area contributed by atoms with Gasteiger partial charge in [-0.15, -0.1) is 12.4 Å². The van der Waals surface area contributed by atoms with Crippen molar-refractivity contribution in [2.45, 2.75) is 25.4 Å². The van der Waals surface area contributed by atoms with Gasteiger partial charge in [0.25, 0.3) is 0 Å². The van der Waals surface area contributed by atoms with Crippen molar-refractivity contribution < 1.29 is 4.74 Å². The molecule has 22 heavy (non-hydrogen) atoms. The maximum atomic E-state index is 5.88. The Bertz CT molecular complexity index is 600. The average molecular weight is 319 g/mol. The lowest BCUT2D eigenvalue weighted by Gasteiger charge is -2.25. The second-order valence-electron chi connectivity index (χ2n) is 5.65. The molecule has 1 unspecified atom stereocenters. The Balaban J connectivity index is 0.00000176. The van der Waals surface area contributed by atoms with Crippen molar-refractivity contribution in [3.63, 3.8) is 0 Å². The molecule has 0 bridgehead atoms. The van der Waals surface area contributed by atoms with E-state index in [-0.39, 0.29) is 12.4 Å². The Morgan fingerprint density at radius 2 is 1.95 bits per heavy atom. The normalized spacial score (nSPS) is 18.0. The molecule has 1 saturated heterocycles. The molecule has 0 aromatic heterocycles. The van der Waals surface area contributed by atoms with Crippen molar-refractivity contribution >= 4 is 18.1 Å². The first kappa shape index (κ1) is 16.7. The first-order valence-electron chi connectivity index (χ1n) is 7.48. The summed E-state index contributed by atoms with van der Waals surface area (Å²) in [7, 11) is 1.71. The molecule has 2 aromatic carbocycles. The monoisotopic (exact) mass is 318 g/mol. The van der Waals surface area contributed by atoms with Gasteiger partial charge in [0, 0.05) is 18.3 Å². The summed E-state index contributed by atoms with van der Waals surface area (Å²) < 4.78 is 5.24. The van der Waals surface area contributed by atoms with E-state index in [1.807, 2.05) is 24.3 Å². The lowest BCUT2D eigenvalue weighted by molar-refractivity contribution is 0.248. The Hall–Kier alpha value is -1.71. The van der Waals surface area contributed by atoms with Gasteiger partial charge >= 0.3 is 0 Å². The van der Waals surface area contributed by atoms with Crippen LogP contribution in [-0.2, 0) is 6.54 Å². The van der Waals surface area contributed by atoms with Gasteiger partial charge < -0.3 is 10.5 Å². The summed E-state index contributed by atoms with van der Waals surface area (Å²) in [5.74, 6) is 0.916. The van der Waals surface area contributed by atoms with Crippen LogP contribution in [0.5, 0.6) is 5.75 Å². The third-order valence-corrected chi connectivity index (χ3v) is 4.20. The lowest BCUT2D eigenvalue weighted by atomic mass is 10.0. The minimum absolute atomic E-state index is 0. The molecule has 2 aromatic rings. The van der Waals surface area contributed by atoms with Gasteiger partial charge in [0.2, 0.25) is 0 Å². The number of likely N-dealkylation sites (tertiary alicyclic amines) is 1. The highest BCUT2D eigenvalue weighted by Gasteiger charge is 2.25. The number of benzene rings is 2. The summed E-state index contributed by atoms with van der Waals surface area (Å²) in [6.45, 7) is 2.10. The Labute approximate surface area is 138 Å². The average Bonchev–Trinajstić information content (AvgIpc) is 2.95. The number of rotatable bonds is 4. The van der Waals surface area contributed by atoms with Crippen LogP contribution in [0.2, 0.25) is 0 Å². The maximum absolute atomic E-state index is 5.88. The standard InChI is InChI=1S/C18H22N2O.ClH/c1-21-17-9-7-15(8-10-17)18-6-3-11-20(18)13-14-4-2-5-16(19)12-14;/h2,4-5,7-10,12,18H,3,6,11,13,19H2,1H3;1H. The van der Waals surface area contributed by atoms with Crippen LogP contribution in [0.15, 0.2) is 48.5 Å². The molecular weight excluding hydrogens is 296 g/mol. The zero-order chi connectivity index (χ0) is 14.7. The van der Waals surface area contributed by atoms with Gasteiger partial charge in [0.05, 0.1) is 7.11 Å². The molecule has 1 aliphatic rings. The van der Waals surface area contributed by atoms with Crippen LogP contribution in [0, 0.1) is 0 Å². The van der Waals surface area contributed by atoms with E-state index < -0.39 is 0 Å². The molecule has 2 N–H and O–H groups in total. The molecule has 0 aliphatic carbocycles. The fraction of sp³-hybridized carbons (Fsp3) is 0.333. The van der Waals surface area contributed by atoms with Crippen LogP contribution >= 0.6 is 12.4 Å². The minimum atomic E-state index is 0. The third-order valence-electron chi connectivity index (χ3n) is 4.20. The number of methoxy groups -OCH3 is 1. The fourth-order valence-electron chi connectivity index (χ4n) is 3.14. The van der Waals surface area contributed by atoms with Crippen molar-refractivity contribution in [1.29, 1.82) is 0 Å². The SMILES string of the molecule is COc1ccc(C2CCCN2Cc2cccc(N)c2)cc1.Cl. The number of hydrogen-bond acceptors (Lipinski definition) is 3. The summed E-state index contributed by atoms with van der Waals surface area (Å²) in [4.78, 5) is 2.54. The van der Waals surface area contributed by atoms with Crippen LogP contribution < -0.4 is 10.5 Å². The second kappa shape index (κ2) is 7.52. The van der Waals surface area contributed by atoms with Crippen LogP contribution in [0.4, 0.5) is 5.69 Å². The predicted octanol–water partition coefficient (Wildman–Crippen LogP) is 4.04. The van der Waals surface area contributed by atoms with E-state index in [1.54, 1.807) is 7.11 Å². The van der Waals surface area contributed by atoms with Crippen molar-refractivity contribution in [2.24, 2.45) is 0 Å². The highest BCUT2D eigenvalue weighted by molar-refractivity contribution is 5.85. The van der Waals surface area contributed by atoms with Crippen LogP contribution in [0.3, 0.4) is 0 Å². The summed E-state index contributed by atoms with van der Waals surface area (Å²) in [6, 6.07) is 17.2. The lowest BCUT2D eigenvalue weighted by Crippen LogP contribution is -2.22. The molecule has 4 heteroatoms. The molecule has 1 atom stereocenters. The minimum Gasteiger partial charge on any atom is -0.497 e. The largest absolute Gasteiger partial charge is 0.497 e. The van der Waals surface area contributed by atoms with E-state index in [0.717, 1.165) is 24.5 Å². The van der Waals surface area contributed by atoms with E-state index in [1.165, 1.54) is 24.0 Å². The predicted molar refractivity (Wildman–Crippen MR) is 93.5 cm³/mol. The molecular formula is C18H23ClN2O.